The largest absolute Gasteiger partial charge is 0.491 e. The summed E-state index contributed by atoms with van der Waals surface area (Å²) in [6.45, 7) is 2.87. The van der Waals surface area contributed by atoms with Crippen molar-refractivity contribution in [2.24, 2.45) is 0 Å². The fraction of sp³-hybridized carbons (Fsp3) is 0.364. The van der Waals surface area contributed by atoms with E-state index >= 15 is 0 Å². The van der Waals surface area contributed by atoms with Gasteiger partial charge in [0.2, 0.25) is 5.91 Å². The Morgan fingerprint density at radius 1 is 1.53 bits per heavy atom. The molecule has 1 aliphatic rings. The van der Waals surface area contributed by atoms with Crippen molar-refractivity contribution in [2.45, 2.75) is 13.0 Å². The van der Waals surface area contributed by atoms with Crippen molar-refractivity contribution in [1.29, 1.82) is 0 Å². The van der Waals surface area contributed by atoms with Gasteiger partial charge in [-0.1, -0.05) is 0 Å². The highest BCUT2D eigenvalue weighted by Crippen LogP contribution is 2.17. The molecule has 15 heavy (non-hydrogen) atoms. The lowest BCUT2D eigenvalue weighted by Crippen LogP contribution is -2.06. The minimum absolute atomic E-state index is 0.0740. The lowest BCUT2D eigenvalue weighted by molar-refractivity contribution is -0.114. The van der Waals surface area contributed by atoms with Gasteiger partial charge in [-0.3, -0.25) is 4.79 Å². The smallest absolute Gasteiger partial charge is 0.221 e. The number of anilines is 1. The fourth-order valence-electron chi connectivity index (χ4n) is 1.19. The first-order valence-electron chi connectivity index (χ1n) is 4.86. The maximum atomic E-state index is 10.8. The summed E-state index contributed by atoms with van der Waals surface area (Å²) >= 11 is 0. The van der Waals surface area contributed by atoms with Gasteiger partial charge in [0.15, 0.2) is 0 Å². The first kappa shape index (κ1) is 9.98. The Bertz CT molecular complexity index is 343. The maximum Gasteiger partial charge on any atom is 0.221 e. The lowest BCUT2D eigenvalue weighted by atomic mass is 10.3. The third-order valence-corrected chi connectivity index (χ3v) is 2.01. The topological polar surface area (TPSA) is 50.9 Å². The molecule has 2 rings (SSSR count). The van der Waals surface area contributed by atoms with Gasteiger partial charge in [0.1, 0.15) is 18.5 Å². The average Bonchev–Trinajstić information content (AvgIpc) is 2.99. The van der Waals surface area contributed by atoms with E-state index < -0.39 is 0 Å². The van der Waals surface area contributed by atoms with E-state index in [-0.39, 0.29) is 12.0 Å². The van der Waals surface area contributed by atoms with Crippen LogP contribution in [0.25, 0.3) is 0 Å². The molecule has 0 unspecified atom stereocenters. The molecule has 1 atom stereocenters. The molecule has 4 heteroatoms. The molecule has 1 aromatic carbocycles. The van der Waals surface area contributed by atoms with E-state index in [0.717, 1.165) is 18.0 Å². The predicted octanol–water partition coefficient (Wildman–Crippen LogP) is 1.42. The summed E-state index contributed by atoms with van der Waals surface area (Å²) in [4.78, 5) is 10.8. The molecule has 1 N–H and O–H groups in total. The van der Waals surface area contributed by atoms with Gasteiger partial charge in [0.05, 0.1) is 6.61 Å². The molecule has 0 radical (unpaired) electrons. The molecule has 1 heterocycles. The number of ether oxygens (including phenoxy) is 2. The number of hydrogen-bond donors (Lipinski definition) is 1. The summed E-state index contributed by atoms with van der Waals surface area (Å²) in [6, 6.07) is 7.27. The maximum absolute atomic E-state index is 10.8. The number of benzene rings is 1. The summed E-state index contributed by atoms with van der Waals surface area (Å²) in [6.07, 6.45) is 0.264. The number of epoxide rings is 1. The summed E-state index contributed by atoms with van der Waals surface area (Å²) < 4.78 is 10.5. The second kappa shape index (κ2) is 4.31. The summed E-state index contributed by atoms with van der Waals surface area (Å²) in [7, 11) is 0. The summed E-state index contributed by atoms with van der Waals surface area (Å²) in [5.74, 6) is 0.717. The van der Waals surface area contributed by atoms with Gasteiger partial charge in [-0.2, -0.15) is 0 Å². The molecule has 1 amide bonds. The van der Waals surface area contributed by atoms with E-state index in [1.54, 1.807) is 0 Å². The molecular weight excluding hydrogens is 194 g/mol. The first-order valence-corrected chi connectivity index (χ1v) is 4.86. The molecule has 0 bridgehead atoms. The Labute approximate surface area is 88.2 Å². The van der Waals surface area contributed by atoms with Gasteiger partial charge in [-0.25, -0.2) is 0 Å². The minimum atomic E-state index is -0.0740. The van der Waals surface area contributed by atoms with Crippen LogP contribution in [0.4, 0.5) is 5.69 Å². The molecule has 0 spiro atoms. The Morgan fingerprint density at radius 3 is 2.73 bits per heavy atom. The van der Waals surface area contributed by atoms with Crippen molar-refractivity contribution in [1.82, 2.24) is 0 Å². The van der Waals surface area contributed by atoms with E-state index in [4.69, 9.17) is 9.47 Å². The van der Waals surface area contributed by atoms with Crippen LogP contribution in [0, 0.1) is 0 Å². The Hall–Kier alpha value is -1.55. The van der Waals surface area contributed by atoms with Crippen molar-refractivity contribution in [2.75, 3.05) is 18.5 Å². The Morgan fingerprint density at radius 2 is 2.20 bits per heavy atom. The van der Waals surface area contributed by atoms with Crippen LogP contribution >= 0.6 is 0 Å². The number of nitrogens with one attached hydrogen (secondary N) is 1. The van der Waals surface area contributed by atoms with Gasteiger partial charge in [-0.15, -0.1) is 0 Å². The van der Waals surface area contributed by atoms with Gasteiger partial charge in [0.25, 0.3) is 0 Å². The molecule has 4 nitrogen and oxygen atoms in total. The second-order valence-corrected chi connectivity index (χ2v) is 3.47. The van der Waals surface area contributed by atoms with E-state index in [2.05, 4.69) is 5.32 Å². The molecule has 80 valence electrons. The normalized spacial score (nSPS) is 18.3. The molecule has 1 fully saturated rings. The van der Waals surface area contributed by atoms with Crippen LogP contribution in [0.5, 0.6) is 5.75 Å². The third-order valence-electron chi connectivity index (χ3n) is 2.01. The van der Waals surface area contributed by atoms with Crippen LogP contribution in [0.1, 0.15) is 6.92 Å². The molecule has 1 aliphatic heterocycles. The van der Waals surface area contributed by atoms with Crippen LogP contribution in [0.15, 0.2) is 24.3 Å². The van der Waals surface area contributed by atoms with Gasteiger partial charge in [-0.05, 0) is 24.3 Å². The third kappa shape index (κ3) is 3.25. The molecule has 0 saturated carbocycles. The summed E-state index contributed by atoms with van der Waals surface area (Å²) in [5, 5.41) is 2.69. The zero-order valence-corrected chi connectivity index (χ0v) is 8.53. The quantitative estimate of drug-likeness (QED) is 0.760. The molecule has 1 aromatic rings. The number of carbonyl (C=O) groups is 1. The van der Waals surface area contributed by atoms with E-state index in [0.29, 0.717) is 6.61 Å². The highest BCUT2D eigenvalue weighted by atomic mass is 16.6. The number of hydrogen-bond acceptors (Lipinski definition) is 3. The Kier molecular flexibility index (Phi) is 2.87. The van der Waals surface area contributed by atoms with Crippen molar-refractivity contribution >= 4 is 11.6 Å². The monoisotopic (exact) mass is 207 g/mol. The first-order chi connectivity index (χ1) is 7.24. The number of carbonyl (C=O) groups excluding carboxylic acids is 1. The molecule has 0 aliphatic carbocycles. The highest BCUT2D eigenvalue weighted by Gasteiger charge is 2.22. The number of amides is 1. The van der Waals surface area contributed by atoms with Crippen molar-refractivity contribution in [3.05, 3.63) is 24.3 Å². The molecular formula is C11H13NO3. The van der Waals surface area contributed by atoms with Gasteiger partial charge < -0.3 is 14.8 Å². The Balaban J connectivity index is 1.87. The van der Waals surface area contributed by atoms with E-state index in [1.165, 1.54) is 6.92 Å². The van der Waals surface area contributed by atoms with Crippen LogP contribution in [0.3, 0.4) is 0 Å². The standard InChI is InChI=1S/C11H13NO3/c1-8(13)12-9-2-4-10(5-3-9)14-6-11-7-15-11/h2-5,11H,6-7H2,1H3,(H,12,13)/t11-/m0/s1. The van der Waals surface area contributed by atoms with Crippen molar-refractivity contribution in [3.8, 4) is 5.75 Å². The van der Waals surface area contributed by atoms with Crippen LogP contribution in [-0.2, 0) is 9.53 Å². The predicted molar refractivity (Wildman–Crippen MR) is 56.0 cm³/mol. The number of rotatable bonds is 4. The second-order valence-electron chi connectivity index (χ2n) is 3.47. The van der Waals surface area contributed by atoms with Gasteiger partial charge >= 0.3 is 0 Å². The zero-order chi connectivity index (χ0) is 10.7. The van der Waals surface area contributed by atoms with Crippen LogP contribution in [-0.4, -0.2) is 25.2 Å². The molecule has 1 saturated heterocycles. The van der Waals surface area contributed by atoms with Crippen molar-refractivity contribution < 1.29 is 14.3 Å². The zero-order valence-electron chi connectivity index (χ0n) is 8.53. The lowest BCUT2D eigenvalue weighted by Gasteiger charge is -2.05. The van der Waals surface area contributed by atoms with Crippen molar-refractivity contribution in [3.63, 3.8) is 0 Å². The fourth-order valence-corrected chi connectivity index (χ4v) is 1.19. The van der Waals surface area contributed by atoms with E-state index in [1.807, 2.05) is 24.3 Å². The highest BCUT2D eigenvalue weighted by molar-refractivity contribution is 5.88. The van der Waals surface area contributed by atoms with E-state index in [9.17, 15) is 4.79 Å². The minimum Gasteiger partial charge on any atom is -0.491 e. The van der Waals surface area contributed by atoms with Gasteiger partial charge in [0, 0.05) is 12.6 Å². The SMILES string of the molecule is CC(=O)Nc1ccc(OC[C@H]2CO2)cc1. The van der Waals surface area contributed by atoms with Crippen LogP contribution < -0.4 is 10.1 Å². The molecule has 0 aromatic heterocycles. The average molecular weight is 207 g/mol. The summed E-state index contributed by atoms with van der Waals surface area (Å²) in [5.41, 5.74) is 0.775. The van der Waals surface area contributed by atoms with Crippen LogP contribution in [0.2, 0.25) is 0 Å².